The Bertz CT molecular complexity index is 845. The van der Waals surface area contributed by atoms with Crippen molar-refractivity contribution in [3.63, 3.8) is 0 Å². The molecule has 24 heavy (non-hydrogen) atoms. The van der Waals surface area contributed by atoms with Gasteiger partial charge in [-0.3, -0.25) is 4.79 Å². The second-order valence-electron chi connectivity index (χ2n) is 5.89. The summed E-state index contributed by atoms with van der Waals surface area (Å²) in [7, 11) is 3.98. The van der Waals surface area contributed by atoms with Crippen molar-refractivity contribution in [3.8, 4) is 0 Å². The van der Waals surface area contributed by atoms with Crippen molar-refractivity contribution in [2.45, 2.75) is 6.04 Å². The number of rotatable bonds is 5. The summed E-state index contributed by atoms with van der Waals surface area (Å²) in [5, 5.41) is 3.75. The van der Waals surface area contributed by atoms with Gasteiger partial charge in [0.1, 0.15) is 5.82 Å². The number of thiophene rings is 1. The molecular formula is C19H19FN2OS. The van der Waals surface area contributed by atoms with E-state index in [9.17, 15) is 9.18 Å². The highest BCUT2D eigenvalue weighted by Gasteiger charge is 2.17. The number of carbonyl (C=O) groups excluding carboxylic acids is 1. The van der Waals surface area contributed by atoms with Crippen molar-refractivity contribution in [2.24, 2.45) is 0 Å². The summed E-state index contributed by atoms with van der Waals surface area (Å²) in [4.78, 5) is 15.1. The number of hydrogen-bond acceptors (Lipinski definition) is 3. The molecule has 1 aromatic heterocycles. The molecule has 1 N–H and O–H groups in total. The van der Waals surface area contributed by atoms with E-state index < -0.39 is 0 Å². The highest BCUT2D eigenvalue weighted by atomic mass is 32.1. The summed E-state index contributed by atoms with van der Waals surface area (Å²) in [6.45, 7) is 0.512. The molecule has 5 heteroatoms. The quantitative estimate of drug-likeness (QED) is 0.758. The Labute approximate surface area is 144 Å². The monoisotopic (exact) mass is 342 g/mol. The summed E-state index contributed by atoms with van der Waals surface area (Å²) < 4.78 is 14.2. The lowest BCUT2D eigenvalue weighted by Gasteiger charge is -2.25. The first-order valence-electron chi connectivity index (χ1n) is 7.73. The van der Waals surface area contributed by atoms with E-state index in [4.69, 9.17) is 0 Å². The van der Waals surface area contributed by atoms with Gasteiger partial charge in [-0.1, -0.05) is 30.3 Å². The van der Waals surface area contributed by atoms with Gasteiger partial charge in [-0.15, -0.1) is 11.3 Å². The smallest absolute Gasteiger partial charge is 0.261 e. The van der Waals surface area contributed by atoms with Crippen LogP contribution < -0.4 is 5.32 Å². The van der Waals surface area contributed by atoms with Gasteiger partial charge in [-0.2, -0.15) is 0 Å². The summed E-state index contributed by atoms with van der Waals surface area (Å²) >= 11 is 1.38. The minimum atomic E-state index is -0.288. The number of likely N-dealkylation sites (N-methyl/N-ethyl adjacent to an activating group) is 1. The van der Waals surface area contributed by atoms with Crippen LogP contribution in [0.5, 0.6) is 0 Å². The van der Waals surface area contributed by atoms with Crippen LogP contribution in [0.3, 0.4) is 0 Å². The van der Waals surface area contributed by atoms with Gasteiger partial charge in [-0.25, -0.2) is 4.39 Å². The normalized spacial score (nSPS) is 12.5. The first kappa shape index (κ1) is 16.6. The van der Waals surface area contributed by atoms with Crippen LogP contribution in [0.25, 0.3) is 10.1 Å². The number of nitrogens with zero attached hydrogens (tertiary/aromatic N) is 1. The Kier molecular flexibility index (Phi) is 4.92. The highest BCUT2D eigenvalue weighted by Crippen LogP contribution is 2.26. The largest absolute Gasteiger partial charge is 0.349 e. The van der Waals surface area contributed by atoms with Crippen LogP contribution >= 0.6 is 11.3 Å². The molecule has 0 spiro atoms. The molecule has 1 atom stereocenters. The summed E-state index contributed by atoms with van der Waals surface area (Å²) in [5.74, 6) is -0.414. The van der Waals surface area contributed by atoms with E-state index in [0.717, 1.165) is 15.6 Å². The Morgan fingerprint density at radius 3 is 2.62 bits per heavy atom. The standard InChI is InChI=1S/C19H19FN2OS/c1-22(2)16(13-6-4-3-5-7-13)12-21-19(23)18-11-14-10-15(20)8-9-17(14)24-18/h3-11,16H,12H2,1-2H3,(H,21,23)/t16-/m0/s1. The topological polar surface area (TPSA) is 32.3 Å². The molecule has 0 aliphatic rings. The summed E-state index contributed by atoms with van der Waals surface area (Å²) in [6.07, 6.45) is 0. The zero-order valence-corrected chi connectivity index (χ0v) is 14.4. The van der Waals surface area contributed by atoms with Crippen molar-refractivity contribution >= 4 is 27.3 Å². The molecule has 1 amide bonds. The average Bonchev–Trinajstić information content (AvgIpc) is 2.98. The van der Waals surface area contributed by atoms with E-state index in [1.165, 1.54) is 23.5 Å². The van der Waals surface area contributed by atoms with Crippen LogP contribution in [-0.2, 0) is 0 Å². The fourth-order valence-electron chi connectivity index (χ4n) is 2.68. The molecule has 0 aliphatic heterocycles. The van der Waals surface area contributed by atoms with Crippen molar-refractivity contribution < 1.29 is 9.18 Å². The van der Waals surface area contributed by atoms with Crippen LogP contribution in [0.15, 0.2) is 54.6 Å². The molecule has 0 saturated heterocycles. The molecule has 0 saturated carbocycles. The number of halogens is 1. The fourth-order valence-corrected chi connectivity index (χ4v) is 3.64. The number of carbonyl (C=O) groups is 1. The van der Waals surface area contributed by atoms with Gasteiger partial charge in [0.2, 0.25) is 0 Å². The average molecular weight is 342 g/mol. The van der Waals surface area contributed by atoms with Crippen molar-refractivity contribution in [1.29, 1.82) is 0 Å². The van der Waals surface area contributed by atoms with E-state index in [1.807, 2.05) is 32.3 Å². The molecule has 3 nitrogen and oxygen atoms in total. The van der Waals surface area contributed by atoms with Gasteiger partial charge in [0, 0.05) is 11.2 Å². The third-order valence-corrected chi connectivity index (χ3v) is 5.08. The lowest BCUT2D eigenvalue weighted by atomic mass is 10.1. The first-order valence-corrected chi connectivity index (χ1v) is 8.55. The maximum Gasteiger partial charge on any atom is 0.261 e. The summed E-state index contributed by atoms with van der Waals surface area (Å²) in [6, 6.07) is 16.5. The van der Waals surface area contributed by atoms with E-state index in [-0.39, 0.29) is 17.8 Å². The van der Waals surface area contributed by atoms with Crippen LogP contribution in [0, 0.1) is 5.82 Å². The zero-order valence-electron chi connectivity index (χ0n) is 13.6. The lowest BCUT2D eigenvalue weighted by molar-refractivity contribution is 0.0946. The number of nitrogens with one attached hydrogen (secondary N) is 1. The third kappa shape index (κ3) is 3.63. The van der Waals surface area contributed by atoms with E-state index in [1.54, 1.807) is 12.1 Å². The molecular weight excluding hydrogens is 323 g/mol. The molecule has 1 heterocycles. The molecule has 3 rings (SSSR count). The second-order valence-corrected chi connectivity index (χ2v) is 6.98. The van der Waals surface area contributed by atoms with Gasteiger partial charge in [-0.05, 0) is 49.3 Å². The Balaban J connectivity index is 1.73. The van der Waals surface area contributed by atoms with Crippen LogP contribution in [0.2, 0.25) is 0 Å². The molecule has 3 aromatic rings. The summed E-state index contributed by atoms with van der Waals surface area (Å²) in [5.41, 5.74) is 1.15. The highest BCUT2D eigenvalue weighted by molar-refractivity contribution is 7.20. The van der Waals surface area contributed by atoms with Gasteiger partial charge in [0.15, 0.2) is 0 Å². The first-order chi connectivity index (χ1) is 11.5. The maximum absolute atomic E-state index is 13.3. The van der Waals surface area contributed by atoms with Crippen LogP contribution in [0.1, 0.15) is 21.3 Å². The van der Waals surface area contributed by atoms with E-state index in [2.05, 4.69) is 22.3 Å². The molecule has 0 aliphatic carbocycles. The van der Waals surface area contributed by atoms with Crippen molar-refractivity contribution in [3.05, 3.63) is 70.9 Å². The van der Waals surface area contributed by atoms with Gasteiger partial charge >= 0.3 is 0 Å². The second kappa shape index (κ2) is 7.11. The molecule has 0 bridgehead atoms. The number of benzene rings is 2. The Hall–Kier alpha value is -2.24. The zero-order chi connectivity index (χ0) is 17.1. The van der Waals surface area contributed by atoms with E-state index >= 15 is 0 Å². The molecule has 124 valence electrons. The lowest BCUT2D eigenvalue weighted by Crippen LogP contribution is -2.34. The third-order valence-electron chi connectivity index (χ3n) is 3.97. The Morgan fingerprint density at radius 2 is 1.92 bits per heavy atom. The predicted molar refractivity (Wildman–Crippen MR) is 97.0 cm³/mol. The molecule has 2 aromatic carbocycles. The predicted octanol–water partition coefficient (Wildman–Crippen LogP) is 4.07. The molecule has 0 fully saturated rings. The number of fused-ring (bicyclic) bond motifs is 1. The minimum Gasteiger partial charge on any atom is -0.349 e. The van der Waals surface area contributed by atoms with Gasteiger partial charge in [0.05, 0.1) is 10.9 Å². The van der Waals surface area contributed by atoms with E-state index in [0.29, 0.717) is 11.4 Å². The number of amides is 1. The van der Waals surface area contributed by atoms with Crippen molar-refractivity contribution in [1.82, 2.24) is 10.2 Å². The van der Waals surface area contributed by atoms with Gasteiger partial charge < -0.3 is 10.2 Å². The SMILES string of the molecule is CN(C)[C@@H](CNC(=O)c1cc2cc(F)ccc2s1)c1ccccc1. The Morgan fingerprint density at radius 1 is 1.17 bits per heavy atom. The molecule has 0 unspecified atom stereocenters. The van der Waals surface area contributed by atoms with Crippen molar-refractivity contribution in [2.75, 3.05) is 20.6 Å². The molecule has 0 radical (unpaired) electrons. The minimum absolute atomic E-state index is 0.0990. The number of hydrogen-bond donors (Lipinski definition) is 1. The fraction of sp³-hybridized carbons (Fsp3) is 0.211. The van der Waals surface area contributed by atoms with Crippen LogP contribution in [0.4, 0.5) is 4.39 Å². The maximum atomic E-state index is 13.3. The van der Waals surface area contributed by atoms with Gasteiger partial charge in [0.25, 0.3) is 5.91 Å². The van der Waals surface area contributed by atoms with Crippen LogP contribution in [-0.4, -0.2) is 31.4 Å².